The third kappa shape index (κ3) is 4.00. The predicted molar refractivity (Wildman–Crippen MR) is 69.0 cm³/mol. The van der Waals surface area contributed by atoms with Gasteiger partial charge >= 0.3 is 5.69 Å². The number of anilines is 2. The Kier molecular flexibility index (Phi) is 4.95. The highest BCUT2D eigenvalue weighted by Crippen LogP contribution is 2.28. The van der Waals surface area contributed by atoms with Gasteiger partial charge in [0.2, 0.25) is 11.6 Å². The van der Waals surface area contributed by atoms with Gasteiger partial charge < -0.3 is 20.8 Å². The molecule has 9 nitrogen and oxygen atoms in total. The van der Waals surface area contributed by atoms with Crippen LogP contribution in [0.2, 0.25) is 0 Å². The van der Waals surface area contributed by atoms with Gasteiger partial charge in [0.1, 0.15) is 11.9 Å². The molecule has 1 aromatic rings. The van der Waals surface area contributed by atoms with E-state index in [9.17, 15) is 15.2 Å². The van der Waals surface area contributed by atoms with Crippen LogP contribution in [0.1, 0.15) is 13.8 Å². The minimum atomic E-state index is -1.39. The molecule has 0 aliphatic heterocycles. The lowest BCUT2D eigenvalue weighted by atomic mass is 10.1. The van der Waals surface area contributed by atoms with E-state index in [0.717, 1.165) is 0 Å². The lowest BCUT2D eigenvalue weighted by Crippen LogP contribution is -2.37. The van der Waals surface area contributed by atoms with Crippen molar-refractivity contribution in [1.29, 1.82) is 0 Å². The quantitative estimate of drug-likeness (QED) is 0.401. The lowest BCUT2D eigenvalue weighted by Gasteiger charge is -2.20. The molecular weight excluding hydrogens is 254 g/mol. The van der Waals surface area contributed by atoms with Crippen molar-refractivity contribution in [3.63, 3.8) is 0 Å². The van der Waals surface area contributed by atoms with E-state index in [0.29, 0.717) is 6.54 Å². The number of nitrogens with one attached hydrogen (secondary N) is 2. The molecule has 1 rings (SSSR count). The van der Waals surface area contributed by atoms with E-state index in [1.807, 2.05) is 0 Å². The highest BCUT2D eigenvalue weighted by Gasteiger charge is 2.25. The second kappa shape index (κ2) is 6.25. The third-order valence-electron chi connectivity index (χ3n) is 2.33. The second-order valence-corrected chi connectivity index (χ2v) is 4.22. The molecule has 4 N–H and O–H groups in total. The first-order chi connectivity index (χ1) is 8.91. The van der Waals surface area contributed by atoms with E-state index < -0.39 is 17.1 Å². The molecule has 0 aliphatic carbocycles. The summed E-state index contributed by atoms with van der Waals surface area (Å²) in [6.07, 6.45) is 1.18. The molecule has 0 bridgehead atoms. The topological polar surface area (TPSA) is 133 Å². The molecule has 0 saturated heterocycles. The Balaban J connectivity index is 3.00. The Morgan fingerprint density at radius 1 is 1.42 bits per heavy atom. The van der Waals surface area contributed by atoms with Crippen molar-refractivity contribution in [3.8, 4) is 0 Å². The van der Waals surface area contributed by atoms with Crippen LogP contribution in [-0.4, -0.2) is 50.4 Å². The SMILES string of the molecule is CCNc1ncnc(NCC(C)(O)CO)c1[N+](=O)[O-]. The second-order valence-electron chi connectivity index (χ2n) is 4.22. The summed E-state index contributed by atoms with van der Waals surface area (Å²) in [6.45, 7) is 3.12. The van der Waals surface area contributed by atoms with Crippen molar-refractivity contribution in [3.05, 3.63) is 16.4 Å². The van der Waals surface area contributed by atoms with E-state index in [4.69, 9.17) is 5.11 Å². The van der Waals surface area contributed by atoms with Gasteiger partial charge in [0.25, 0.3) is 0 Å². The summed E-state index contributed by atoms with van der Waals surface area (Å²) in [5, 5.41) is 35.0. The molecule has 0 radical (unpaired) electrons. The summed E-state index contributed by atoms with van der Waals surface area (Å²) in [4.78, 5) is 18.0. The molecule has 0 fully saturated rings. The van der Waals surface area contributed by atoms with Crippen molar-refractivity contribution in [2.24, 2.45) is 0 Å². The first kappa shape index (κ1) is 15.1. The van der Waals surface area contributed by atoms with Crippen molar-refractivity contribution in [1.82, 2.24) is 9.97 Å². The van der Waals surface area contributed by atoms with Crippen molar-refractivity contribution < 1.29 is 15.1 Å². The number of rotatable bonds is 7. The van der Waals surface area contributed by atoms with Crippen LogP contribution in [0, 0.1) is 10.1 Å². The molecule has 106 valence electrons. The Labute approximate surface area is 109 Å². The summed E-state index contributed by atoms with van der Waals surface area (Å²) in [5.74, 6) is 0.0957. The van der Waals surface area contributed by atoms with Gasteiger partial charge in [0, 0.05) is 13.1 Å². The molecule has 9 heteroatoms. The zero-order chi connectivity index (χ0) is 14.5. The van der Waals surface area contributed by atoms with Crippen molar-refractivity contribution >= 4 is 17.3 Å². The third-order valence-corrected chi connectivity index (χ3v) is 2.33. The van der Waals surface area contributed by atoms with Crippen LogP contribution in [0.4, 0.5) is 17.3 Å². The average molecular weight is 271 g/mol. The standard InChI is InChI=1S/C10H17N5O4/c1-3-11-8-7(15(18)19)9(14-6-13-8)12-4-10(2,17)5-16/h6,16-17H,3-5H2,1-2H3,(H2,11,12,13,14). The Bertz CT molecular complexity index is 452. The van der Waals surface area contributed by atoms with E-state index in [2.05, 4.69) is 20.6 Å². The van der Waals surface area contributed by atoms with Crippen LogP contribution in [0.3, 0.4) is 0 Å². The number of hydrogen-bond acceptors (Lipinski definition) is 8. The maximum atomic E-state index is 11.0. The molecule has 0 saturated carbocycles. The normalized spacial score (nSPS) is 13.7. The van der Waals surface area contributed by atoms with E-state index >= 15 is 0 Å². The molecule has 0 aromatic carbocycles. The fraction of sp³-hybridized carbons (Fsp3) is 0.600. The summed E-state index contributed by atoms with van der Waals surface area (Å²) in [6, 6.07) is 0. The number of hydrogen-bond donors (Lipinski definition) is 4. The van der Waals surface area contributed by atoms with Gasteiger partial charge in [-0.2, -0.15) is 0 Å². The highest BCUT2D eigenvalue weighted by molar-refractivity contribution is 5.69. The first-order valence-corrected chi connectivity index (χ1v) is 5.71. The molecular formula is C10H17N5O4. The predicted octanol–water partition coefficient (Wildman–Crippen LogP) is -0.0282. The molecule has 0 amide bonds. The van der Waals surface area contributed by atoms with Crippen molar-refractivity contribution in [2.75, 3.05) is 30.3 Å². The maximum absolute atomic E-state index is 11.0. The monoisotopic (exact) mass is 271 g/mol. The lowest BCUT2D eigenvalue weighted by molar-refractivity contribution is -0.383. The van der Waals surface area contributed by atoms with Gasteiger partial charge in [0.05, 0.1) is 11.5 Å². The van der Waals surface area contributed by atoms with Crippen LogP contribution in [0.25, 0.3) is 0 Å². The van der Waals surface area contributed by atoms with Gasteiger partial charge in [-0.25, -0.2) is 9.97 Å². The van der Waals surface area contributed by atoms with Gasteiger partial charge in [-0.1, -0.05) is 0 Å². The fourth-order valence-electron chi connectivity index (χ4n) is 1.31. The molecule has 1 unspecified atom stereocenters. The largest absolute Gasteiger partial charge is 0.393 e. The number of nitrogens with zero attached hydrogens (tertiary/aromatic N) is 3. The highest BCUT2D eigenvalue weighted by atomic mass is 16.6. The number of aliphatic hydroxyl groups excluding tert-OH is 1. The summed E-state index contributed by atoms with van der Waals surface area (Å²) in [7, 11) is 0. The Morgan fingerprint density at radius 3 is 2.47 bits per heavy atom. The molecule has 1 aromatic heterocycles. The zero-order valence-electron chi connectivity index (χ0n) is 10.8. The van der Waals surface area contributed by atoms with E-state index in [1.54, 1.807) is 6.92 Å². The number of aliphatic hydroxyl groups is 2. The van der Waals surface area contributed by atoms with Crippen LogP contribution < -0.4 is 10.6 Å². The minimum Gasteiger partial charge on any atom is -0.393 e. The summed E-state index contributed by atoms with van der Waals surface area (Å²) in [5.41, 5.74) is -1.69. The van der Waals surface area contributed by atoms with E-state index in [-0.39, 0.29) is 23.9 Å². The molecule has 1 atom stereocenters. The Hall–Kier alpha value is -2.00. The van der Waals surface area contributed by atoms with Crippen LogP contribution in [0.5, 0.6) is 0 Å². The average Bonchev–Trinajstić information content (AvgIpc) is 2.36. The number of nitro groups is 1. The molecule has 19 heavy (non-hydrogen) atoms. The fourth-order valence-corrected chi connectivity index (χ4v) is 1.31. The molecule has 0 aliphatic rings. The first-order valence-electron chi connectivity index (χ1n) is 5.71. The summed E-state index contributed by atoms with van der Waals surface area (Å²) < 4.78 is 0. The van der Waals surface area contributed by atoms with Crippen LogP contribution >= 0.6 is 0 Å². The van der Waals surface area contributed by atoms with Gasteiger partial charge in [0.15, 0.2) is 0 Å². The maximum Gasteiger partial charge on any atom is 0.353 e. The van der Waals surface area contributed by atoms with Gasteiger partial charge in [-0.05, 0) is 13.8 Å². The van der Waals surface area contributed by atoms with Crippen LogP contribution in [-0.2, 0) is 0 Å². The van der Waals surface area contributed by atoms with E-state index in [1.165, 1.54) is 13.3 Å². The minimum absolute atomic E-state index is 0.00956. The Morgan fingerprint density at radius 2 is 2.00 bits per heavy atom. The molecule has 1 heterocycles. The van der Waals surface area contributed by atoms with Gasteiger partial charge in [-0.3, -0.25) is 10.1 Å². The smallest absolute Gasteiger partial charge is 0.353 e. The van der Waals surface area contributed by atoms with Crippen LogP contribution in [0.15, 0.2) is 6.33 Å². The van der Waals surface area contributed by atoms with Gasteiger partial charge in [-0.15, -0.1) is 0 Å². The summed E-state index contributed by atoms with van der Waals surface area (Å²) >= 11 is 0. The zero-order valence-corrected chi connectivity index (χ0v) is 10.8. The molecule has 0 spiro atoms. The number of aromatic nitrogens is 2. The van der Waals surface area contributed by atoms with Crippen molar-refractivity contribution in [2.45, 2.75) is 19.4 Å².